The maximum atomic E-state index is 12.8. The third kappa shape index (κ3) is 6.99. The zero-order valence-corrected chi connectivity index (χ0v) is 20.4. The molecule has 1 aromatic heterocycles. The molecule has 1 aliphatic heterocycles. The minimum Gasteiger partial charge on any atom is -0.480 e. The fraction of sp³-hybridized carbons (Fsp3) is 0.435. The van der Waals surface area contributed by atoms with Crippen LogP contribution in [0.2, 0.25) is 5.02 Å². The number of hydrogen-bond acceptors (Lipinski definition) is 8. The topological polar surface area (TPSA) is 116 Å². The van der Waals surface area contributed by atoms with Gasteiger partial charge >= 0.3 is 12.1 Å². The maximum absolute atomic E-state index is 12.8. The molecule has 2 atom stereocenters. The Hall–Kier alpha value is -3.09. The highest BCUT2D eigenvalue weighted by atomic mass is 35.5. The number of aromatic nitrogens is 1. The van der Waals surface area contributed by atoms with Crippen LogP contribution >= 0.6 is 11.6 Å². The van der Waals surface area contributed by atoms with Gasteiger partial charge in [0.2, 0.25) is 5.88 Å². The fourth-order valence-electron chi connectivity index (χ4n) is 3.76. The van der Waals surface area contributed by atoms with Crippen LogP contribution in [0.4, 0.5) is 19.0 Å². The number of pyridine rings is 1. The molecular formula is C23H26ClF3N4O5. The number of carbonyl (C=O) groups excluding carboxylic acids is 2. The molecule has 0 saturated carbocycles. The molecule has 0 radical (unpaired) electrons. The Bertz CT molecular complexity index is 1080. The predicted octanol–water partition coefficient (Wildman–Crippen LogP) is 2.91. The summed E-state index contributed by atoms with van der Waals surface area (Å²) in [6, 6.07) is 5.43. The molecule has 2 aromatic rings. The van der Waals surface area contributed by atoms with Gasteiger partial charge in [-0.3, -0.25) is 14.5 Å². The summed E-state index contributed by atoms with van der Waals surface area (Å²) in [6.45, 7) is 0.635. The summed E-state index contributed by atoms with van der Waals surface area (Å²) in [4.78, 5) is 30.9. The van der Waals surface area contributed by atoms with Gasteiger partial charge < -0.3 is 25.3 Å². The van der Waals surface area contributed by atoms with Crippen LogP contribution in [-0.2, 0) is 27.1 Å². The van der Waals surface area contributed by atoms with Crippen molar-refractivity contribution in [3.63, 3.8) is 0 Å². The number of halogens is 4. The number of nitrogens with one attached hydrogen (secondary N) is 1. The van der Waals surface area contributed by atoms with Gasteiger partial charge in [0, 0.05) is 20.2 Å². The average Bonchev–Trinajstić information content (AvgIpc) is 2.84. The molecule has 0 unspecified atom stereocenters. The van der Waals surface area contributed by atoms with E-state index in [9.17, 15) is 22.8 Å². The van der Waals surface area contributed by atoms with E-state index in [1.54, 1.807) is 0 Å². The number of esters is 1. The van der Waals surface area contributed by atoms with Crippen molar-refractivity contribution in [3.8, 4) is 5.88 Å². The molecule has 0 aliphatic carbocycles. The SMILES string of the molecule is COc1nc(N)c(Cl)cc1C(=O)N[C@H]1CCN(CC(=O)OCc2ccc(C(F)(F)F)cc2)C[C@H]1OC. The zero-order valence-electron chi connectivity index (χ0n) is 19.6. The van der Waals surface area contributed by atoms with E-state index >= 15 is 0 Å². The predicted molar refractivity (Wildman–Crippen MR) is 125 cm³/mol. The molecule has 3 N–H and O–H groups in total. The van der Waals surface area contributed by atoms with E-state index in [-0.39, 0.29) is 41.5 Å². The van der Waals surface area contributed by atoms with Gasteiger partial charge in [0.05, 0.1) is 36.4 Å². The number of rotatable bonds is 8. The van der Waals surface area contributed by atoms with Crippen LogP contribution in [0.3, 0.4) is 0 Å². The van der Waals surface area contributed by atoms with Crippen LogP contribution in [-0.4, -0.2) is 67.8 Å². The molecule has 3 rings (SSSR count). The molecule has 0 spiro atoms. The molecule has 1 aliphatic rings. The van der Waals surface area contributed by atoms with Crippen LogP contribution in [0.25, 0.3) is 0 Å². The van der Waals surface area contributed by atoms with E-state index < -0.39 is 29.7 Å². The largest absolute Gasteiger partial charge is 0.480 e. The van der Waals surface area contributed by atoms with Crippen molar-refractivity contribution in [2.45, 2.75) is 31.3 Å². The lowest BCUT2D eigenvalue weighted by Crippen LogP contribution is -2.55. The number of amides is 1. The first-order chi connectivity index (χ1) is 17.0. The highest BCUT2D eigenvalue weighted by molar-refractivity contribution is 6.33. The molecule has 9 nitrogen and oxygen atoms in total. The van der Waals surface area contributed by atoms with Crippen molar-refractivity contribution in [2.75, 3.05) is 39.6 Å². The zero-order chi connectivity index (χ0) is 26.5. The molecule has 36 heavy (non-hydrogen) atoms. The second-order valence-corrected chi connectivity index (χ2v) is 8.55. The van der Waals surface area contributed by atoms with Crippen molar-refractivity contribution in [1.82, 2.24) is 15.2 Å². The maximum Gasteiger partial charge on any atom is 0.416 e. The number of nitrogens with two attached hydrogens (primary N) is 1. The van der Waals surface area contributed by atoms with Crippen LogP contribution < -0.4 is 15.8 Å². The molecular weight excluding hydrogens is 505 g/mol. The molecule has 1 aromatic carbocycles. The van der Waals surface area contributed by atoms with Crippen molar-refractivity contribution in [1.29, 1.82) is 0 Å². The van der Waals surface area contributed by atoms with Gasteiger partial charge in [-0.2, -0.15) is 18.2 Å². The quantitative estimate of drug-likeness (QED) is 0.501. The fourth-order valence-corrected chi connectivity index (χ4v) is 3.91. The number of likely N-dealkylation sites (tertiary alicyclic amines) is 1. The van der Waals surface area contributed by atoms with Gasteiger partial charge in [-0.05, 0) is 30.2 Å². The van der Waals surface area contributed by atoms with E-state index in [4.69, 9.17) is 31.5 Å². The van der Waals surface area contributed by atoms with E-state index in [1.807, 2.05) is 4.90 Å². The standard InChI is InChI=1S/C23H26ClF3N4O5/c1-34-18-10-31(11-19(32)36-12-13-3-5-14(6-4-13)23(25,26)27)8-7-17(18)29-21(33)15-9-16(24)20(28)30-22(15)35-2/h3-6,9,17-18H,7-8,10-12H2,1-2H3,(H2,28,30)(H,29,33)/t17-,18+/m0/s1. The van der Waals surface area contributed by atoms with Crippen LogP contribution in [0.5, 0.6) is 5.88 Å². The number of benzene rings is 1. The summed E-state index contributed by atoms with van der Waals surface area (Å²) in [6.07, 6.45) is -4.37. The Kier molecular flexibility index (Phi) is 8.98. The Balaban J connectivity index is 1.52. The third-order valence-corrected chi connectivity index (χ3v) is 6.01. The number of piperidine rings is 1. The minimum atomic E-state index is -4.43. The Morgan fingerprint density at radius 2 is 1.94 bits per heavy atom. The van der Waals surface area contributed by atoms with Gasteiger partial charge in [-0.15, -0.1) is 0 Å². The van der Waals surface area contributed by atoms with Gasteiger partial charge in [0.25, 0.3) is 5.91 Å². The highest BCUT2D eigenvalue weighted by Gasteiger charge is 2.33. The summed E-state index contributed by atoms with van der Waals surface area (Å²) >= 11 is 6.00. The summed E-state index contributed by atoms with van der Waals surface area (Å²) in [5.74, 6) is -0.910. The van der Waals surface area contributed by atoms with Crippen LogP contribution in [0.15, 0.2) is 30.3 Å². The Labute approximate surface area is 210 Å². The van der Waals surface area contributed by atoms with E-state index in [0.717, 1.165) is 12.1 Å². The lowest BCUT2D eigenvalue weighted by atomic mass is 10.0. The normalized spacial score (nSPS) is 18.5. The molecule has 1 saturated heterocycles. The van der Waals surface area contributed by atoms with Gasteiger partial charge in [-0.1, -0.05) is 23.7 Å². The number of hydrogen-bond donors (Lipinski definition) is 2. The summed E-state index contributed by atoms with van der Waals surface area (Å²) in [7, 11) is 2.86. The van der Waals surface area contributed by atoms with Crippen molar-refractivity contribution >= 4 is 29.3 Å². The van der Waals surface area contributed by atoms with Crippen molar-refractivity contribution in [3.05, 3.63) is 52.0 Å². The summed E-state index contributed by atoms with van der Waals surface area (Å²) in [5, 5.41) is 3.01. The number of ether oxygens (including phenoxy) is 3. The van der Waals surface area contributed by atoms with Gasteiger partial charge in [0.15, 0.2) is 0 Å². The lowest BCUT2D eigenvalue weighted by Gasteiger charge is -2.37. The van der Waals surface area contributed by atoms with E-state index in [1.165, 1.54) is 32.4 Å². The van der Waals surface area contributed by atoms with Gasteiger partial charge in [0.1, 0.15) is 18.0 Å². The first-order valence-electron chi connectivity index (χ1n) is 10.9. The first-order valence-corrected chi connectivity index (χ1v) is 11.3. The average molecular weight is 531 g/mol. The highest BCUT2D eigenvalue weighted by Crippen LogP contribution is 2.29. The molecule has 0 bridgehead atoms. The number of nitrogens with zero attached hydrogens (tertiary/aromatic N) is 2. The first kappa shape index (κ1) is 27.5. The smallest absolute Gasteiger partial charge is 0.416 e. The molecule has 196 valence electrons. The minimum absolute atomic E-state index is 0.0352. The monoisotopic (exact) mass is 530 g/mol. The molecule has 1 fully saturated rings. The summed E-state index contributed by atoms with van der Waals surface area (Å²) < 4.78 is 53.8. The second kappa shape index (κ2) is 11.8. The number of methoxy groups -OCH3 is 2. The molecule has 2 heterocycles. The Morgan fingerprint density at radius 3 is 2.56 bits per heavy atom. The third-order valence-electron chi connectivity index (χ3n) is 5.70. The molecule has 1 amide bonds. The summed E-state index contributed by atoms with van der Waals surface area (Å²) in [5.41, 5.74) is 5.46. The van der Waals surface area contributed by atoms with E-state index in [2.05, 4.69) is 10.3 Å². The van der Waals surface area contributed by atoms with Gasteiger partial charge in [-0.25, -0.2) is 0 Å². The number of nitrogen functional groups attached to an aromatic ring is 1. The van der Waals surface area contributed by atoms with E-state index in [0.29, 0.717) is 25.1 Å². The number of carbonyl (C=O) groups is 2. The van der Waals surface area contributed by atoms with Crippen molar-refractivity contribution in [2.24, 2.45) is 0 Å². The Morgan fingerprint density at radius 1 is 1.25 bits per heavy atom. The lowest BCUT2D eigenvalue weighted by molar-refractivity contribution is -0.147. The molecule has 13 heteroatoms. The van der Waals surface area contributed by atoms with Crippen LogP contribution in [0, 0.1) is 0 Å². The van der Waals surface area contributed by atoms with Crippen LogP contribution in [0.1, 0.15) is 27.9 Å². The second-order valence-electron chi connectivity index (χ2n) is 8.15. The number of alkyl halides is 3. The van der Waals surface area contributed by atoms with Crippen molar-refractivity contribution < 1.29 is 37.0 Å². The number of anilines is 1.